The summed E-state index contributed by atoms with van der Waals surface area (Å²) in [5.74, 6) is -0.800. The van der Waals surface area contributed by atoms with Gasteiger partial charge in [0.1, 0.15) is 0 Å². The van der Waals surface area contributed by atoms with E-state index in [1.165, 1.54) is 10.4 Å². The van der Waals surface area contributed by atoms with Crippen molar-refractivity contribution < 1.29 is 18.0 Å². The molecule has 0 radical (unpaired) electrons. The quantitative estimate of drug-likeness (QED) is 0.460. The van der Waals surface area contributed by atoms with Crippen molar-refractivity contribution >= 4 is 62.3 Å². The van der Waals surface area contributed by atoms with Crippen molar-refractivity contribution in [2.75, 3.05) is 28.0 Å². The van der Waals surface area contributed by atoms with Gasteiger partial charge in [0.05, 0.1) is 16.4 Å². The molecule has 3 N–H and O–H groups in total. The van der Waals surface area contributed by atoms with Crippen LogP contribution < -0.4 is 19.7 Å². The molecule has 176 valence electrons. The SMILES string of the molecule is O=C(Nc1ccc(Cl)c(NC(=O)c2cccc(Cl)c2)c1)c1ccc(N2CCCNS2(=O)=O)cc1. The third-order valence-electron chi connectivity index (χ3n) is 5.09. The average Bonchev–Trinajstić information content (AvgIpc) is 2.81. The number of nitrogens with one attached hydrogen (secondary N) is 3. The van der Waals surface area contributed by atoms with Crippen molar-refractivity contribution in [3.63, 3.8) is 0 Å². The number of hydrogen-bond donors (Lipinski definition) is 3. The van der Waals surface area contributed by atoms with Crippen LogP contribution in [0.3, 0.4) is 0 Å². The second-order valence-corrected chi connectivity index (χ2v) is 10.0. The van der Waals surface area contributed by atoms with Gasteiger partial charge < -0.3 is 10.6 Å². The van der Waals surface area contributed by atoms with Gasteiger partial charge in [0, 0.05) is 34.9 Å². The van der Waals surface area contributed by atoms with Crippen molar-refractivity contribution in [3.05, 3.63) is 87.9 Å². The van der Waals surface area contributed by atoms with E-state index in [4.69, 9.17) is 23.2 Å². The molecule has 0 unspecified atom stereocenters. The molecule has 8 nitrogen and oxygen atoms in total. The predicted octanol–water partition coefficient (Wildman–Crippen LogP) is 4.54. The molecule has 0 saturated carbocycles. The van der Waals surface area contributed by atoms with E-state index >= 15 is 0 Å². The number of rotatable bonds is 5. The Morgan fingerprint density at radius 2 is 1.62 bits per heavy atom. The van der Waals surface area contributed by atoms with Crippen LogP contribution in [-0.4, -0.2) is 33.3 Å². The van der Waals surface area contributed by atoms with E-state index in [1.807, 2.05) is 0 Å². The summed E-state index contributed by atoms with van der Waals surface area (Å²) >= 11 is 12.2. The molecule has 3 aromatic rings. The first-order chi connectivity index (χ1) is 16.2. The minimum absolute atomic E-state index is 0.300. The van der Waals surface area contributed by atoms with Crippen LogP contribution in [-0.2, 0) is 10.2 Å². The number of amides is 2. The molecule has 11 heteroatoms. The number of carbonyl (C=O) groups excluding carboxylic acids is 2. The summed E-state index contributed by atoms with van der Waals surface area (Å²) in [4.78, 5) is 25.2. The predicted molar refractivity (Wildman–Crippen MR) is 134 cm³/mol. The molecule has 0 spiro atoms. The first-order valence-electron chi connectivity index (χ1n) is 10.3. The zero-order chi connectivity index (χ0) is 24.3. The molecule has 34 heavy (non-hydrogen) atoms. The summed E-state index contributed by atoms with van der Waals surface area (Å²) in [6.07, 6.45) is 0.689. The highest BCUT2D eigenvalue weighted by Crippen LogP contribution is 2.27. The maximum atomic E-state index is 12.7. The van der Waals surface area contributed by atoms with Gasteiger partial charge in [0.25, 0.3) is 11.8 Å². The number of carbonyl (C=O) groups is 2. The number of halogens is 2. The Kier molecular flexibility index (Phi) is 7.08. The fourth-order valence-corrected chi connectivity index (χ4v) is 5.08. The number of benzene rings is 3. The van der Waals surface area contributed by atoms with E-state index in [0.717, 1.165) is 0 Å². The molecule has 3 aromatic carbocycles. The van der Waals surface area contributed by atoms with Gasteiger partial charge in [-0.05, 0) is 67.1 Å². The zero-order valence-electron chi connectivity index (χ0n) is 17.7. The number of anilines is 3. The highest BCUT2D eigenvalue weighted by molar-refractivity contribution is 7.90. The molecule has 1 heterocycles. The van der Waals surface area contributed by atoms with Crippen LogP contribution in [0.15, 0.2) is 66.7 Å². The summed E-state index contributed by atoms with van der Waals surface area (Å²) in [5, 5.41) is 6.19. The molecular formula is C23H20Cl2N4O4S. The fraction of sp³-hybridized carbons (Fsp3) is 0.130. The largest absolute Gasteiger partial charge is 0.322 e. The topological polar surface area (TPSA) is 108 Å². The molecule has 0 atom stereocenters. The third-order valence-corrected chi connectivity index (χ3v) is 7.20. The molecule has 2 amide bonds. The van der Waals surface area contributed by atoms with Gasteiger partial charge in [-0.1, -0.05) is 29.3 Å². The van der Waals surface area contributed by atoms with E-state index in [2.05, 4.69) is 15.4 Å². The Hall–Kier alpha value is -3.11. The summed E-state index contributed by atoms with van der Waals surface area (Å²) in [7, 11) is -3.57. The lowest BCUT2D eigenvalue weighted by Crippen LogP contribution is -2.47. The lowest BCUT2D eigenvalue weighted by Gasteiger charge is -2.28. The Labute approximate surface area is 207 Å². The molecule has 4 rings (SSSR count). The average molecular weight is 519 g/mol. The Balaban J connectivity index is 1.46. The van der Waals surface area contributed by atoms with Crippen LogP contribution in [0.25, 0.3) is 0 Å². The van der Waals surface area contributed by atoms with Crippen molar-refractivity contribution in [1.29, 1.82) is 0 Å². The maximum absolute atomic E-state index is 12.7. The van der Waals surface area contributed by atoms with Gasteiger partial charge in [-0.3, -0.25) is 13.9 Å². The van der Waals surface area contributed by atoms with E-state index < -0.39 is 22.0 Å². The maximum Gasteiger partial charge on any atom is 0.301 e. The summed E-state index contributed by atoms with van der Waals surface area (Å²) in [5.41, 5.74) is 1.92. The molecule has 1 fully saturated rings. The molecule has 1 aliphatic rings. The minimum Gasteiger partial charge on any atom is -0.322 e. The third kappa shape index (κ3) is 5.51. The van der Waals surface area contributed by atoms with Crippen LogP contribution in [0.5, 0.6) is 0 Å². The van der Waals surface area contributed by atoms with E-state index in [-0.39, 0.29) is 0 Å². The van der Waals surface area contributed by atoms with Gasteiger partial charge in [-0.15, -0.1) is 0 Å². The summed E-state index contributed by atoms with van der Waals surface area (Å²) in [6.45, 7) is 0.775. The van der Waals surface area contributed by atoms with Crippen molar-refractivity contribution in [1.82, 2.24) is 4.72 Å². The van der Waals surface area contributed by atoms with Gasteiger partial charge in [-0.25, -0.2) is 0 Å². The van der Waals surface area contributed by atoms with Crippen LogP contribution in [0, 0.1) is 0 Å². The summed E-state index contributed by atoms with van der Waals surface area (Å²) in [6, 6.07) is 17.4. The lowest BCUT2D eigenvalue weighted by molar-refractivity contribution is 0.101. The van der Waals surface area contributed by atoms with Crippen LogP contribution >= 0.6 is 23.2 Å². The minimum atomic E-state index is -3.57. The molecule has 1 aliphatic heterocycles. The van der Waals surface area contributed by atoms with E-state index in [0.29, 0.717) is 57.7 Å². The standard InChI is InChI=1S/C23H20Cl2N4O4S/c24-17-4-1-3-16(13-17)23(31)28-21-14-18(7-10-20(21)25)27-22(30)15-5-8-19(9-6-15)29-12-2-11-26-34(29,32)33/h1,3-10,13-14,26H,2,11-12H2,(H,27,30)(H,28,31). The molecule has 0 aromatic heterocycles. The monoisotopic (exact) mass is 518 g/mol. The highest BCUT2D eigenvalue weighted by atomic mass is 35.5. The molecule has 0 bridgehead atoms. The Bertz CT molecular complexity index is 1350. The normalized spacial score (nSPS) is 14.9. The number of nitrogens with zero attached hydrogens (tertiary/aromatic N) is 1. The smallest absolute Gasteiger partial charge is 0.301 e. The van der Waals surface area contributed by atoms with Crippen LogP contribution in [0.4, 0.5) is 17.1 Å². The summed E-state index contributed by atoms with van der Waals surface area (Å²) < 4.78 is 28.1. The number of hydrogen-bond acceptors (Lipinski definition) is 4. The van der Waals surface area contributed by atoms with E-state index in [9.17, 15) is 18.0 Å². The van der Waals surface area contributed by atoms with Crippen molar-refractivity contribution in [2.24, 2.45) is 0 Å². The zero-order valence-corrected chi connectivity index (χ0v) is 20.0. The van der Waals surface area contributed by atoms with Crippen LogP contribution in [0.2, 0.25) is 10.0 Å². The van der Waals surface area contributed by atoms with Gasteiger partial charge in [-0.2, -0.15) is 13.1 Å². The van der Waals surface area contributed by atoms with E-state index in [1.54, 1.807) is 60.7 Å². The fourth-order valence-electron chi connectivity index (χ4n) is 3.40. The van der Waals surface area contributed by atoms with Gasteiger partial charge in [0.15, 0.2) is 0 Å². The second-order valence-electron chi connectivity index (χ2n) is 7.49. The van der Waals surface area contributed by atoms with Gasteiger partial charge in [0.2, 0.25) is 0 Å². The van der Waals surface area contributed by atoms with Crippen LogP contribution in [0.1, 0.15) is 27.1 Å². The Morgan fingerprint density at radius 3 is 2.32 bits per heavy atom. The first kappa shape index (κ1) is 24.0. The highest BCUT2D eigenvalue weighted by Gasteiger charge is 2.25. The van der Waals surface area contributed by atoms with Crippen molar-refractivity contribution in [2.45, 2.75) is 6.42 Å². The second kappa shape index (κ2) is 10.0. The van der Waals surface area contributed by atoms with Gasteiger partial charge >= 0.3 is 10.2 Å². The molecule has 0 aliphatic carbocycles. The molecular weight excluding hydrogens is 499 g/mol. The van der Waals surface area contributed by atoms with Crippen molar-refractivity contribution in [3.8, 4) is 0 Å². The Morgan fingerprint density at radius 1 is 0.882 bits per heavy atom. The lowest BCUT2D eigenvalue weighted by atomic mass is 10.1. The molecule has 1 saturated heterocycles. The first-order valence-corrected chi connectivity index (χ1v) is 12.5.